The van der Waals surface area contributed by atoms with E-state index in [-0.39, 0.29) is 11.9 Å². The minimum absolute atomic E-state index is 0.121. The van der Waals surface area contributed by atoms with Gasteiger partial charge in [-0.05, 0) is 7.05 Å². The molecule has 1 saturated heterocycles. The first-order chi connectivity index (χ1) is 6.20. The van der Waals surface area contributed by atoms with Crippen molar-refractivity contribution in [1.82, 2.24) is 9.80 Å². The molecule has 4 heteroatoms. The number of nitrogens with two attached hydrogens (primary N) is 1. The van der Waals surface area contributed by atoms with Gasteiger partial charge < -0.3 is 10.6 Å². The molecule has 2 N–H and O–H groups in total. The molecule has 1 unspecified atom stereocenters. The van der Waals surface area contributed by atoms with Gasteiger partial charge >= 0.3 is 0 Å². The molecule has 1 aliphatic rings. The number of likely N-dealkylation sites (N-methyl/N-ethyl adjacent to an activating group) is 1. The van der Waals surface area contributed by atoms with Gasteiger partial charge in [0.2, 0.25) is 5.91 Å². The van der Waals surface area contributed by atoms with Crippen molar-refractivity contribution in [3.8, 4) is 0 Å². The summed E-state index contributed by atoms with van der Waals surface area (Å²) in [6.07, 6.45) is 1.75. The molecular weight excluding hydrogens is 166 g/mol. The van der Waals surface area contributed by atoms with Gasteiger partial charge in [-0.3, -0.25) is 9.69 Å². The highest BCUT2D eigenvalue weighted by Crippen LogP contribution is 2.07. The van der Waals surface area contributed by atoms with E-state index in [0.717, 1.165) is 13.1 Å². The molecule has 1 heterocycles. The van der Waals surface area contributed by atoms with Crippen molar-refractivity contribution < 1.29 is 4.79 Å². The lowest BCUT2D eigenvalue weighted by molar-refractivity contribution is -0.139. The molecule has 0 radical (unpaired) electrons. The summed E-state index contributed by atoms with van der Waals surface area (Å²) < 4.78 is 0. The molecule has 0 aromatic carbocycles. The van der Waals surface area contributed by atoms with E-state index in [2.05, 4.69) is 6.58 Å². The molecule has 0 aromatic heterocycles. The molecule has 0 aromatic rings. The van der Waals surface area contributed by atoms with Gasteiger partial charge in [-0.1, -0.05) is 6.08 Å². The Labute approximate surface area is 79.0 Å². The Morgan fingerprint density at radius 3 is 2.92 bits per heavy atom. The lowest BCUT2D eigenvalue weighted by Crippen LogP contribution is -2.58. The molecule has 1 aliphatic heterocycles. The highest BCUT2D eigenvalue weighted by Gasteiger charge is 2.30. The van der Waals surface area contributed by atoms with Crippen molar-refractivity contribution in [2.45, 2.75) is 6.04 Å². The molecular formula is C9H17N3O. The predicted octanol–water partition coefficient (Wildman–Crippen LogP) is -0.726. The zero-order chi connectivity index (χ0) is 9.84. The average molecular weight is 183 g/mol. The molecule has 0 aliphatic carbocycles. The summed E-state index contributed by atoms with van der Waals surface area (Å²) in [5, 5.41) is 0. The number of carbonyl (C=O) groups excluding carboxylic acids is 1. The molecule has 1 fully saturated rings. The molecule has 74 valence electrons. The van der Waals surface area contributed by atoms with Crippen LogP contribution in [0.1, 0.15) is 0 Å². The molecule has 0 spiro atoms. The van der Waals surface area contributed by atoms with Crippen molar-refractivity contribution in [3.05, 3.63) is 12.7 Å². The molecule has 13 heavy (non-hydrogen) atoms. The second-order valence-corrected chi connectivity index (χ2v) is 3.31. The van der Waals surface area contributed by atoms with Crippen molar-refractivity contribution in [1.29, 1.82) is 0 Å². The summed E-state index contributed by atoms with van der Waals surface area (Å²) in [5.74, 6) is 0.121. The highest BCUT2D eigenvalue weighted by atomic mass is 16.2. The van der Waals surface area contributed by atoms with Gasteiger partial charge in [0, 0.05) is 26.2 Å². The van der Waals surface area contributed by atoms with Crippen LogP contribution in [0, 0.1) is 0 Å². The van der Waals surface area contributed by atoms with Gasteiger partial charge in [0.15, 0.2) is 0 Å². The Balaban J connectivity index is 2.63. The van der Waals surface area contributed by atoms with E-state index in [1.807, 2.05) is 11.9 Å². The smallest absolute Gasteiger partial charge is 0.241 e. The SMILES string of the molecule is C=CCN1CCN(C)C(CN)C1=O. The van der Waals surface area contributed by atoms with Crippen LogP contribution in [0.3, 0.4) is 0 Å². The Morgan fingerprint density at radius 2 is 2.38 bits per heavy atom. The topological polar surface area (TPSA) is 49.6 Å². The molecule has 1 amide bonds. The normalized spacial score (nSPS) is 24.9. The number of carbonyl (C=O) groups is 1. The quantitative estimate of drug-likeness (QED) is 0.587. The summed E-state index contributed by atoms with van der Waals surface area (Å²) in [6.45, 7) is 6.31. The lowest BCUT2D eigenvalue weighted by atomic mass is 10.1. The molecule has 0 bridgehead atoms. The number of hydrogen-bond donors (Lipinski definition) is 1. The van der Waals surface area contributed by atoms with E-state index in [1.165, 1.54) is 0 Å². The summed E-state index contributed by atoms with van der Waals surface area (Å²) in [7, 11) is 1.93. The predicted molar refractivity (Wildman–Crippen MR) is 52.2 cm³/mol. The second-order valence-electron chi connectivity index (χ2n) is 3.31. The third-order valence-corrected chi connectivity index (χ3v) is 2.42. The average Bonchev–Trinajstić information content (AvgIpc) is 2.11. The first-order valence-corrected chi connectivity index (χ1v) is 4.50. The fourth-order valence-electron chi connectivity index (χ4n) is 1.56. The van der Waals surface area contributed by atoms with E-state index in [1.54, 1.807) is 11.0 Å². The van der Waals surface area contributed by atoms with Gasteiger partial charge in [-0.25, -0.2) is 0 Å². The van der Waals surface area contributed by atoms with E-state index in [4.69, 9.17) is 5.73 Å². The van der Waals surface area contributed by atoms with Crippen LogP contribution in [-0.2, 0) is 4.79 Å². The van der Waals surface area contributed by atoms with Crippen molar-refractivity contribution in [2.75, 3.05) is 33.2 Å². The maximum atomic E-state index is 11.7. The fraction of sp³-hybridized carbons (Fsp3) is 0.667. The molecule has 0 saturated carbocycles. The standard InChI is InChI=1S/C9H17N3O/c1-3-4-12-6-5-11(2)8(7-10)9(12)13/h3,8H,1,4-7,10H2,2H3. The number of rotatable bonds is 3. The Morgan fingerprint density at radius 1 is 1.69 bits per heavy atom. The van der Waals surface area contributed by atoms with Crippen LogP contribution in [0.4, 0.5) is 0 Å². The minimum atomic E-state index is -0.145. The van der Waals surface area contributed by atoms with Crippen LogP contribution < -0.4 is 5.73 Å². The number of piperazine rings is 1. The van der Waals surface area contributed by atoms with Gasteiger partial charge in [0.05, 0.1) is 0 Å². The van der Waals surface area contributed by atoms with E-state index >= 15 is 0 Å². The molecule has 4 nitrogen and oxygen atoms in total. The maximum absolute atomic E-state index is 11.7. The van der Waals surface area contributed by atoms with Crippen LogP contribution in [0.5, 0.6) is 0 Å². The van der Waals surface area contributed by atoms with Crippen LogP contribution >= 0.6 is 0 Å². The van der Waals surface area contributed by atoms with Crippen LogP contribution in [-0.4, -0.2) is 55.0 Å². The Hall–Kier alpha value is -0.870. The number of amides is 1. The van der Waals surface area contributed by atoms with Crippen LogP contribution in [0.2, 0.25) is 0 Å². The zero-order valence-electron chi connectivity index (χ0n) is 8.07. The van der Waals surface area contributed by atoms with E-state index in [0.29, 0.717) is 13.1 Å². The van der Waals surface area contributed by atoms with Crippen molar-refractivity contribution in [3.63, 3.8) is 0 Å². The summed E-state index contributed by atoms with van der Waals surface area (Å²) in [6, 6.07) is -0.145. The fourth-order valence-corrected chi connectivity index (χ4v) is 1.56. The summed E-state index contributed by atoms with van der Waals surface area (Å²) >= 11 is 0. The summed E-state index contributed by atoms with van der Waals surface area (Å²) in [5.41, 5.74) is 5.53. The summed E-state index contributed by atoms with van der Waals surface area (Å²) in [4.78, 5) is 15.5. The van der Waals surface area contributed by atoms with Crippen molar-refractivity contribution in [2.24, 2.45) is 5.73 Å². The van der Waals surface area contributed by atoms with Gasteiger partial charge in [0.25, 0.3) is 0 Å². The highest BCUT2D eigenvalue weighted by molar-refractivity contribution is 5.83. The van der Waals surface area contributed by atoms with Crippen molar-refractivity contribution >= 4 is 5.91 Å². The monoisotopic (exact) mass is 183 g/mol. The Kier molecular flexibility index (Phi) is 3.45. The second kappa shape index (κ2) is 4.39. The maximum Gasteiger partial charge on any atom is 0.241 e. The van der Waals surface area contributed by atoms with Gasteiger partial charge in [-0.2, -0.15) is 0 Å². The van der Waals surface area contributed by atoms with Crippen LogP contribution in [0.15, 0.2) is 12.7 Å². The molecule has 1 atom stereocenters. The van der Waals surface area contributed by atoms with Gasteiger partial charge in [0.1, 0.15) is 6.04 Å². The van der Waals surface area contributed by atoms with Gasteiger partial charge in [-0.15, -0.1) is 6.58 Å². The number of hydrogen-bond acceptors (Lipinski definition) is 3. The minimum Gasteiger partial charge on any atom is -0.336 e. The first kappa shape index (κ1) is 10.2. The zero-order valence-corrected chi connectivity index (χ0v) is 8.07. The molecule has 1 rings (SSSR count). The largest absolute Gasteiger partial charge is 0.336 e. The Bertz CT molecular complexity index is 205. The van der Waals surface area contributed by atoms with E-state index < -0.39 is 0 Å². The third kappa shape index (κ3) is 2.08. The first-order valence-electron chi connectivity index (χ1n) is 4.50. The lowest BCUT2D eigenvalue weighted by Gasteiger charge is -2.37. The number of nitrogens with zero attached hydrogens (tertiary/aromatic N) is 2. The van der Waals surface area contributed by atoms with E-state index in [9.17, 15) is 4.79 Å². The third-order valence-electron chi connectivity index (χ3n) is 2.42. The van der Waals surface area contributed by atoms with Crippen LogP contribution in [0.25, 0.3) is 0 Å².